The summed E-state index contributed by atoms with van der Waals surface area (Å²) in [4.78, 5) is 12.5. The normalized spacial score (nSPS) is 12.3. The molecule has 0 amide bonds. The van der Waals surface area contributed by atoms with Crippen molar-refractivity contribution in [1.82, 2.24) is 4.57 Å². The molecule has 0 fully saturated rings. The van der Waals surface area contributed by atoms with Crippen molar-refractivity contribution in [3.05, 3.63) is 114 Å². The first-order chi connectivity index (χ1) is 13.8. The molecule has 0 aliphatic heterocycles. The van der Waals surface area contributed by atoms with Crippen LogP contribution in [-0.4, -0.2) is 17.6 Å². The SMILES string of the molecule is COC(=O)c1cc2ccccc2n1[C@H](/C=C/c1ccccc1)c1ccccc1. The van der Waals surface area contributed by atoms with Crippen LogP contribution in [0.5, 0.6) is 0 Å². The standard InChI is InChI=1S/C25H21NO2/c1-28-25(27)24-18-21-14-8-9-15-22(21)26(24)23(20-12-6-3-7-13-20)17-16-19-10-4-2-5-11-19/h2-18,23H,1H3/b17-16+/t23-/m1/s1. The van der Waals surface area contributed by atoms with E-state index in [0.717, 1.165) is 22.0 Å². The minimum absolute atomic E-state index is 0.143. The molecule has 0 radical (unpaired) electrons. The summed E-state index contributed by atoms with van der Waals surface area (Å²) in [6.45, 7) is 0. The van der Waals surface area contributed by atoms with Gasteiger partial charge in [0.1, 0.15) is 5.69 Å². The van der Waals surface area contributed by atoms with Crippen molar-refractivity contribution < 1.29 is 9.53 Å². The number of carbonyl (C=O) groups is 1. The number of benzene rings is 3. The summed E-state index contributed by atoms with van der Waals surface area (Å²) in [5.74, 6) is -0.342. The summed E-state index contributed by atoms with van der Waals surface area (Å²) in [6.07, 6.45) is 4.22. The van der Waals surface area contributed by atoms with Crippen LogP contribution in [0.4, 0.5) is 0 Å². The van der Waals surface area contributed by atoms with Crippen molar-refractivity contribution in [3.8, 4) is 0 Å². The minimum Gasteiger partial charge on any atom is -0.464 e. The molecular weight excluding hydrogens is 346 g/mol. The Morgan fingerprint density at radius 3 is 2.25 bits per heavy atom. The van der Waals surface area contributed by atoms with Crippen LogP contribution in [0.3, 0.4) is 0 Å². The molecule has 4 rings (SSSR count). The van der Waals surface area contributed by atoms with E-state index in [4.69, 9.17) is 4.74 Å². The van der Waals surface area contributed by atoms with Gasteiger partial charge in [-0.25, -0.2) is 4.79 Å². The molecule has 3 nitrogen and oxygen atoms in total. The maximum atomic E-state index is 12.5. The van der Waals surface area contributed by atoms with Gasteiger partial charge in [-0.05, 0) is 23.3 Å². The van der Waals surface area contributed by atoms with Gasteiger partial charge in [-0.1, -0.05) is 91.0 Å². The van der Waals surface area contributed by atoms with Gasteiger partial charge in [0.05, 0.1) is 13.2 Å². The summed E-state index contributed by atoms with van der Waals surface area (Å²) < 4.78 is 7.12. The number of ether oxygens (including phenoxy) is 1. The summed E-state index contributed by atoms with van der Waals surface area (Å²) in [5, 5.41) is 1.01. The molecule has 1 heterocycles. The molecule has 0 aliphatic carbocycles. The fourth-order valence-corrected chi connectivity index (χ4v) is 3.50. The van der Waals surface area contributed by atoms with Gasteiger partial charge in [0.2, 0.25) is 0 Å². The fourth-order valence-electron chi connectivity index (χ4n) is 3.50. The molecule has 28 heavy (non-hydrogen) atoms. The lowest BCUT2D eigenvalue weighted by Crippen LogP contribution is -2.16. The lowest BCUT2D eigenvalue weighted by molar-refractivity contribution is 0.0588. The second-order valence-electron chi connectivity index (χ2n) is 6.58. The van der Waals surface area contributed by atoms with Crippen LogP contribution in [-0.2, 0) is 4.74 Å². The molecule has 1 aromatic heterocycles. The highest BCUT2D eigenvalue weighted by molar-refractivity contribution is 5.96. The van der Waals surface area contributed by atoms with Gasteiger partial charge in [-0.15, -0.1) is 0 Å². The van der Waals surface area contributed by atoms with E-state index >= 15 is 0 Å². The predicted molar refractivity (Wildman–Crippen MR) is 113 cm³/mol. The van der Waals surface area contributed by atoms with Crippen LogP contribution in [0, 0.1) is 0 Å². The fraction of sp³-hybridized carbons (Fsp3) is 0.0800. The zero-order valence-corrected chi connectivity index (χ0v) is 15.7. The van der Waals surface area contributed by atoms with Gasteiger partial charge >= 0.3 is 5.97 Å². The topological polar surface area (TPSA) is 31.2 Å². The quantitative estimate of drug-likeness (QED) is 0.422. The highest BCUT2D eigenvalue weighted by Crippen LogP contribution is 2.30. The number of rotatable bonds is 5. The zero-order valence-electron chi connectivity index (χ0n) is 15.7. The third-order valence-corrected chi connectivity index (χ3v) is 4.83. The summed E-state index contributed by atoms with van der Waals surface area (Å²) in [5.41, 5.74) is 3.74. The number of nitrogens with zero attached hydrogens (tertiary/aromatic N) is 1. The van der Waals surface area contributed by atoms with E-state index in [1.54, 1.807) is 0 Å². The molecule has 0 bridgehead atoms. The smallest absolute Gasteiger partial charge is 0.354 e. The van der Waals surface area contributed by atoms with Crippen LogP contribution in [0.1, 0.15) is 27.7 Å². The average molecular weight is 367 g/mol. The summed E-state index contributed by atoms with van der Waals surface area (Å²) in [6, 6.07) is 30.1. The van der Waals surface area contributed by atoms with E-state index in [-0.39, 0.29) is 12.0 Å². The van der Waals surface area contributed by atoms with Crippen molar-refractivity contribution in [2.45, 2.75) is 6.04 Å². The first-order valence-electron chi connectivity index (χ1n) is 9.24. The highest BCUT2D eigenvalue weighted by Gasteiger charge is 2.22. The van der Waals surface area contributed by atoms with E-state index in [0.29, 0.717) is 5.69 Å². The maximum Gasteiger partial charge on any atom is 0.354 e. The number of para-hydroxylation sites is 1. The van der Waals surface area contributed by atoms with E-state index < -0.39 is 0 Å². The molecule has 0 aliphatic rings. The predicted octanol–water partition coefficient (Wildman–Crippen LogP) is 5.73. The number of esters is 1. The molecule has 0 spiro atoms. The highest BCUT2D eigenvalue weighted by atomic mass is 16.5. The Hall–Kier alpha value is -3.59. The number of hydrogen-bond donors (Lipinski definition) is 0. The maximum absolute atomic E-state index is 12.5. The number of hydrogen-bond acceptors (Lipinski definition) is 2. The molecule has 4 aromatic rings. The second kappa shape index (κ2) is 7.97. The van der Waals surface area contributed by atoms with Crippen LogP contribution in [0.25, 0.3) is 17.0 Å². The first-order valence-corrected chi connectivity index (χ1v) is 9.24. The third kappa shape index (κ3) is 3.47. The van der Waals surface area contributed by atoms with Gasteiger partial charge in [-0.3, -0.25) is 0 Å². The summed E-state index contributed by atoms with van der Waals surface area (Å²) in [7, 11) is 1.42. The van der Waals surface area contributed by atoms with Gasteiger partial charge in [-0.2, -0.15) is 0 Å². The van der Waals surface area contributed by atoms with Crippen molar-refractivity contribution in [3.63, 3.8) is 0 Å². The molecule has 138 valence electrons. The molecule has 1 atom stereocenters. The number of allylic oxidation sites excluding steroid dienone is 1. The van der Waals surface area contributed by atoms with Crippen molar-refractivity contribution >= 4 is 22.9 Å². The van der Waals surface area contributed by atoms with E-state index in [1.807, 2.05) is 66.7 Å². The van der Waals surface area contributed by atoms with Crippen molar-refractivity contribution in [2.24, 2.45) is 0 Å². The van der Waals surface area contributed by atoms with E-state index in [9.17, 15) is 4.79 Å². The minimum atomic E-state index is -0.342. The zero-order chi connectivity index (χ0) is 19.3. The largest absolute Gasteiger partial charge is 0.464 e. The Kier molecular flexibility index (Phi) is 5.07. The molecule has 0 saturated carbocycles. The molecule has 3 heteroatoms. The van der Waals surface area contributed by atoms with Crippen LogP contribution in [0.15, 0.2) is 97.1 Å². The van der Waals surface area contributed by atoms with Gasteiger partial charge in [0.25, 0.3) is 0 Å². The third-order valence-electron chi connectivity index (χ3n) is 4.83. The van der Waals surface area contributed by atoms with Gasteiger partial charge in [0.15, 0.2) is 0 Å². The van der Waals surface area contributed by atoms with Crippen LogP contribution in [0.2, 0.25) is 0 Å². The number of aromatic nitrogens is 1. The molecule has 0 saturated heterocycles. The Bertz CT molecular complexity index is 1110. The van der Waals surface area contributed by atoms with Crippen LogP contribution >= 0.6 is 0 Å². The molecular formula is C25H21NO2. The second-order valence-corrected chi connectivity index (χ2v) is 6.58. The monoisotopic (exact) mass is 367 g/mol. The van der Waals surface area contributed by atoms with Crippen molar-refractivity contribution in [1.29, 1.82) is 0 Å². The Morgan fingerprint density at radius 1 is 0.893 bits per heavy atom. The number of carbonyl (C=O) groups excluding carboxylic acids is 1. The summed E-state index contributed by atoms with van der Waals surface area (Å²) >= 11 is 0. The van der Waals surface area contributed by atoms with E-state index in [2.05, 4.69) is 41.0 Å². The molecule has 0 N–H and O–H groups in total. The Balaban J connectivity index is 1.92. The molecule has 0 unspecified atom stereocenters. The lowest BCUT2D eigenvalue weighted by atomic mass is 10.0. The van der Waals surface area contributed by atoms with Crippen molar-refractivity contribution in [2.75, 3.05) is 7.11 Å². The van der Waals surface area contributed by atoms with Gasteiger partial charge in [0, 0.05) is 10.9 Å². The molecule has 3 aromatic carbocycles. The van der Waals surface area contributed by atoms with Gasteiger partial charge < -0.3 is 9.30 Å². The number of fused-ring (bicyclic) bond motifs is 1. The average Bonchev–Trinajstić information content (AvgIpc) is 3.14. The number of methoxy groups -OCH3 is 1. The lowest BCUT2D eigenvalue weighted by Gasteiger charge is -2.20. The Morgan fingerprint density at radius 2 is 1.54 bits per heavy atom. The Labute approximate surface area is 164 Å². The first kappa shape index (κ1) is 17.8. The van der Waals surface area contributed by atoms with Crippen LogP contribution < -0.4 is 0 Å². The van der Waals surface area contributed by atoms with E-state index in [1.165, 1.54) is 7.11 Å².